The predicted octanol–water partition coefficient (Wildman–Crippen LogP) is 2.64. The van der Waals surface area contributed by atoms with E-state index >= 15 is 0 Å². The average Bonchev–Trinajstić information content (AvgIpc) is 3.35. The van der Waals surface area contributed by atoms with Gasteiger partial charge in [-0.1, -0.05) is 24.3 Å². The molecule has 9 heteroatoms. The van der Waals surface area contributed by atoms with Crippen molar-refractivity contribution in [2.24, 2.45) is 7.05 Å². The Morgan fingerprint density at radius 1 is 1.03 bits per heavy atom. The molecule has 0 bridgehead atoms. The molecule has 1 aliphatic heterocycles. The van der Waals surface area contributed by atoms with Gasteiger partial charge < -0.3 is 9.88 Å². The van der Waals surface area contributed by atoms with Gasteiger partial charge in [-0.25, -0.2) is 22.2 Å². The van der Waals surface area contributed by atoms with Gasteiger partial charge in [-0.2, -0.15) is 4.31 Å². The quantitative estimate of drug-likeness (QED) is 0.650. The van der Waals surface area contributed by atoms with Gasteiger partial charge >= 0.3 is 0 Å². The summed E-state index contributed by atoms with van der Waals surface area (Å²) in [5, 5.41) is 3.39. The second-order valence-electron chi connectivity index (χ2n) is 7.47. The number of imidazole rings is 1. The Morgan fingerprint density at radius 2 is 1.67 bits per heavy atom. The van der Waals surface area contributed by atoms with E-state index in [-0.39, 0.29) is 41.7 Å². The first kappa shape index (κ1) is 20.6. The van der Waals surface area contributed by atoms with Crippen LogP contribution in [0.4, 0.5) is 8.78 Å². The van der Waals surface area contributed by atoms with E-state index in [4.69, 9.17) is 0 Å². The molecule has 4 rings (SSSR count). The molecule has 0 spiro atoms. The van der Waals surface area contributed by atoms with Crippen molar-refractivity contribution in [3.05, 3.63) is 83.8 Å². The number of nitrogens with zero attached hydrogens (tertiary/aromatic N) is 3. The molecule has 0 aliphatic carbocycles. The topological polar surface area (TPSA) is 67.2 Å². The van der Waals surface area contributed by atoms with Crippen LogP contribution in [0.2, 0.25) is 0 Å². The lowest BCUT2D eigenvalue weighted by atomic mass is 9.94. The normalized spacial score (nSPS) is 20.0. The van der Waals surface area contributed by atoms with Crippen molar-refractivity contribution in [2.75, 3.05) is 13.1 Å². The minimum absolute atomic E-state index is 0.00189. The highest BCUT2D eigenvalue weighted by Gasteiger charge is 2.40. The van der Waals surface area contributed by atoms with Crippen molar-refractivity contribution in [3.63, 3.8) is 0 Å². The summed E-state index contributed by atoms with van der Waals surface area (Å²) in [5.41, 5.74) is 1.74. The lowest BCUT2D eigenvalue weighted by molar-refractivity contribution is 0.454. The number of hydrogen-bond donors (Lipinski definition) is 1. The maximum Gasteiger partial charge on any atom is 0.262 e. The van der Waals surface area contributed by atoms with Crippen LogP contribution >= 0.6 is 0 Å². The van der Waals surface area contributed by atoms with Crippen LogP contribution in [0.5, 0.6) is 0 Å². The highest BCUT2D eigenvalue weighted by Crippen LogP contribution is 2.31. The summed E-state index contributed by atoms with van der Waals surface area (Å²) in [7, 11) is -2.04. The van der Waals surface area contributed by atoms with Crippen molar-refractivity contribution in [2.45, 2.75) is 23.5 Å². The van der Waals surface area contributed by atoms with Gasteiger partial charge in [0.1, 0.15) is 11.6 Å². The Hall–Kier alpha value is -2.62. The van der Waals surface area contributed by atoms with Crippen molar-refractivity contribution in [1.82, 2.24) is 19.2 Å². The second kappa shape index (κ2) is 8.25. The number of rotatable bonds is 6. The Labute approximate surface area is 174 Å². The third-order valence-corrected chi connectivity index (χ3v) is 7.07. The average molecular weight is 432 g/mol. The molecule has 1 N–H and O–H groups in total. The Bertz CT molecular complexity index is 1110. The van der Waals surface area contributed by atoms with Crippen LogP contribution < -0.4 is 5.32 Å². The molecule has 2 unspecified atom stereocenters. The number of halogens is 2. The highest BCUT2D eigenvalue weighted by atomic mass is 32.2. The summed E-state index contributed by atoms with van der Waals surface area (Å²) in [6.45, 7) is 0.966. The minimum atomic E-state index is -3.75. The molecule has 1 fully saturated rings. The van der Waals surface area contributed by atoms with Gasteiger partial charge in [0, 0.05) is 44.8 Å². The zero-order valence-electron chi connectivity index (χ0n) is 16.4. The fourth-order valence-electron chi connectivity index (χ4n) is 3.72. The van der Waals surface area contributed by atoms with Crippen molar-refractivity contribution in [3.8, 4) is 0 Å². The molecule has 158 valence electrons. The highest BCUT2D eigenvalue weighted by molar-refractivity contribution is 7.89. The van der Waals surface area contributed by atoms with Gasteiger partial charge in [-0.15, -0.1) is 0 Å². The third kappa shape index (κ3) is 4.28. The fraction of sp³-hybridized carbons (Fsp3) is 0.286. The molecule has 2 atom stereocenters. The Morgan fingerprint density at radius 3 is 2.27 bits per heavy atom. The van der Waals surface area contributed by atoms with Gasteiger partial charge in [0.15, 0.2) is 5.03 Å². The summed E-state index contributed by atoms with van der Waals surface area (Å²) in [6.07, 6.45) is 2.92. The van der Waals surface area contributed by atoms with Gasteiger partial charge in [0.2, 0.25) is 0 Å². The number of benzene rings is 2. The lowest BCUT2D eigenvalue weighted by Gasteiger charge is -2.20. The molecule has 0 saturated carbocycles. The van der Waals surface area contributed by atoms with Crippen molar-refractivity contribution >= 4 is 10.0 Å². The standard InChI is InChI=1S/C21H22F2N4O2S/c1-26-13-21(25-14-26)30(28,29)27-11-19(16-4-8-18(23)9-5-16)20(12-27)24-10-15-2-6-17(22)7-3-15/h2-9,13-14,19-20,24H,10-12H2,1H3. The predicted molar refractivity (Wildman–Crippen MR) is 108 cm³/mol. The van der Waals surface area contributed by atoms with Crippen molar-refractivity contribution in [1.29, 1.82) is 0 Å². The van der Waals surface area contributed by atoms with E-state index in [1.807, 2.05) is 0 Å². The Balaban J connectivity index is 1.58. The fourth-order valence-corrected chi connectivity index (χ4v) is 5.18. The van der Waals surface area contributed by atoms with E-state index in [2.05, 4.69) is 10.3 Å². The summed E-state index contributed by atoms with van der Waals surface area (Å²) in [4.78, 5) is 4.00. The number of nitrogens with one attached hydrogen (secondary N) is 1. The number of sulfonamides is 1. The van der Waals surface area contributed by atoms with Gasteiger partial charge in [0.25, 0.3) is 10.0 Å². The molecular weight excluding hydrogens is 410 g/mol. The van der Waals surface area contributed by atoms with Crippen molar-refractivity contribution < 1.29 is 17.2 Å². The first-order chi connectivity index (χ1) is 14.3. The maximum absolute atomic E-state index is 13.4. The smallest absolute Gasteiger partial charge is 0.262 e. The van der Waals surface area contributed by atoms with E-state index in [0.29, 0.717) is 6.54 Å². The number of hydrogen-bond acceptors (Lipinski definition) is 4. The van der Waals surface area contributed by atoms with Crippen LogP contribution in [-0.4, -0.2) is 41.4 Å². The molecular formula is C21H22F2N4O2S. The summed E-state index contributed by atoms with van der Waals surface area (Å²) in [5.74, 6) is -0.813. The second-order valence-corrected chi connectivity index (χ2v) is 9.36. The van der Waals surface area contributed by atoms with E-state index in [1.54, 1.807) is 35.9 Å². The minimum Gasteiger partial charge on any atom is -0.339 e. The van der Waals surface area contributed by atoms with Crippen LogP contribution in [-0.2, 0) is 23.6 Å². The summed E-state index contributed by atoms with van der Waals surface area (Å²) in [6, 6.07) is 12.1. The molecule has 0 radical (unpaired) electrons. The van der Waals surface area contributed by atoms with Gasteiger partial charge in [0.05, 0.1) is 6.33 Å². The van der Waals surface area contributed by atoms with E-state index in [9.17, 15) is 17.2 Å². The largest absolute Gasteiger partial charge is 0.339 e. The van der Waals surface area contributed by atoms with Gasteiger partial charge in [-0.3, -0.25) is 0 Å². The van der Waals surface area contributed by atoms with E-state index in [1.165, 1.54) is 41.1 Å². The molecule has 1 aromatic heterocycles. The number of aryl methyl sites for hydroxylation is 1. The van der Waals surface area contributed by atoms with E-state index in [0.717, 1.165) is 11.1 Å². The Kier molecular flexibility index (Phi) is 5.68. The number of aromatic nitrogens is 2. The van der Waals surface area contributed by atoms with Crippen LogP contribution in [0.3, 0.4) is 0 Å². The lowest BCUT2D eigenvalue weighted by Crippen LogP contribution is -2.36. The molecule has 0 amide bonds. The van der Waals surface area contributed by atoms with Crippen LogP contribution in [0.1, 0.15) is 17.0 Å². The molecule has 2 heterocycles. The molecule has 6 nitrogen and oxygen atoms in total. The zero-order chi connectivity index (χ0) is 21.3. The molecule has 1 aliphatic rings. The monoisotopic (exact) mass is 432 g/mol. The van der Waals surface area contributed by atoms with E-state index < -0.39 is 10.0 Å². The third-order valence-electron chi connectivity index (χ3n) is 5.35. The summed E-state index contributed by atoms with van der Waals surface area (Å²) >= 11 is 0. The first-order valence-corrected chi connectivity index (χ1v) is 11.0. The van der Waals surface area contributed by atoms with Gasteiger partial charge in [-0.05, 0) is 35.4 Å². The molecule has 2 aromatic carbocycles. The molecule has 3 aromatic rings. The van der Waals surface area contributed by atoms with Crippen LogP contribution in [0.25, 0.3) is 0 Å². The van der Waals surface area contributed by atoms with Crippen LogP contribution in [0, 0.1) is 11.6 Å². The van der Waals surface area contributed by atoms with Crippen LogP contribution in [0.15, 0.2) is 66.1 Å². The first-order valence-electron chi connectivity index (χ1n) is 9.54. The summed E-state index contributed by atoms with van der Waals surface area (Å²) < 4.78 is 55.7. The zero-order valence-corrected chi connectivity index (χ0v) is 17.2. The SMILES string of the molecule is Cn1cnc(S(=O)(=O)N2CC(NCc3ccc(F)cc3)C(c3ccc(F)cc3)C2)c1. The molecule has 30 heavy (non-hydrogen) atoms. The maximum atomic E-state index is 13.4. The molecule has 1 saturated heterocycles.